The molecule has 8 aromatic rings. The van der Waals surface area contributed by atoms with Crippen molar-refractivity contribution in [2.24, 2.45) is 0 Å². The maximum Gasteiger partial charge on any atom is 0.416 e. The first-order chi connectivity index (χ1) is 31.7. The van der Waals surface area contributed by atoms with Gasteiger partial charge in [0.05, 0.1) is 42.4 Å². The summed E-state index contributed by atoms with van der Waals surface area (Å²) in [5.74, 6) is 7.08. The van der Waals surface area contributed by atoms with Crippen LogP contribution in [-0.4, -0.2) is 62.6 Å². The van der Waals surface area contributed by atoms with Crippen LogP contribution in [0, 0.1) is 11.8 Å². The third-order valence-corrected chi connectivity index (χ3v) is 9.81. The number of amides is 2. The average Bonchev–Trinajstić information content (AvgIpc) is 3.91. The van der Waals surface area contributed by atoms with Gasteiger partial charge >= 0.3 is 12.2 Å². The van der Waals surface area contributed by atoms with Crippen LogP contribution in [0.15, 0.2) is 134 Å². The fourth-order valence-corrected chi connectivity index (χ4v) is 6.97. The quantitative estimate of drug-likeness (QED) is 0.122. The number of anilines is 2. The summed E-state index contributed by atoms with van der Waals surface area (Å²) in [6, 6.07) is 31.0. The summed E-state index contributed by atoms with van der Waals surface area (Å²) in [7, 11) is 0. The zero-order chi connectivity index (χ0) is 46.8. The minimum absolute atomic E-state index is 0.255. The largest absolute Gasteiger partial charge is 0.443 e. The van der Waals surface area contributed by atoms with E-state index in [9.17, 15) is 9.59 Å². The zero-order valence-corrected chi connectivity index (χ0v) is 38.6. The van der Waals surface area contributed by atoms with Crippen molar-refractivity contribution in [3.63, 3.8) is 0 Å². The van der Waals surface area contributed by atoms with Crippen molar-refractivity contribution >= 4 is 35.1 Å². The number of benzene rings is 2. The highest BCUT2D eigenvalue weighted by Crippen LogP contribution is 2.30. The fourth-order valence-electron chi connectivity index (χ4n) is 6.97. The number of ether oxygens (including phenoxy) is 2. The molecule has 336 valence electrons. The van der Waals surface area contributed by atoms with Gasteiger partial charge in [0, 0.05) is 53.6 Å². The molecule has 2 amide bonds. The van der Waals surface area contributed by atoms with Gasteiger partial charge in [-0.1, -0.05) is 92.1 Å². The van der Waals surface area contributed by atoms with Crippen molar-refractivity contribution < 1.29 is 19.1 Å². The van der Waals surface area contributed by atoms with E-state index in [4.69, 9.17) is 19.4 Å². The minimum atomic E-state index is -0.665. The maximum absolute atomic E-state index is 13.4. The van der Waals surface area contributed by atoms with E-state index in [1.807, 2.05) is 145 Å². The van der Waals surface area contributed by atoms with E-state index in [0.29, 0.717) is 35.1 Å². The van der Waals surface area contributed by atoms with Crippen molar-refractivity contribution in [3.05, 3.63) is 156 Å². The molecule has 0 aliphatic carbocycles. The molecule has 0 N–H and O–H groups in total. The molecule has 2 aromatic carbocycles. The molecule has 8 rings (SSSR count). The van der Waals surface area contributed by atoms with Crippen molar-refractivity contribution in [2.45, 2.75) is 92.5 Å². The van der Waals surface area contributed by atoms with Gasteiger partial charge in [-0.15, -0.1) is 5.92 Å². The molecule has 0 bridgehead atoms. The van der Waals surface area contributed by atoms with Gasteiger partial charge in [-0.25, -0.2) is 19.6 Å². The number of carbonyl (C=O) groups excluding carboxylic acids is 2. The Hall–Kier alpha value is -7.92. The Bertz CT molecular complexity index is 2970. The molecule has 6 heterocycles. The monoisotopic (exact) mass is 882 g/mol. The standard InChI is InChI=1S/C26H29N5O2.C26H25N5O2/c2*1-5-10-21-17-28-31-23(15-22(29-24(21)31)20-12-7-6-8-13-20)30(25(32)33-26(2,3)4)18-19-11-9-14-27-16-19/h6-9,11-17H,5,10,18H2,1-4H3;6-9,11-17H,18H2,1-4H3. The second kappa shape index (κ2) is 20.3. The molecule has 0 radical (unpaired) electrons. The number of rotatable bonds is 10. The fraction of sp³-hybridized carbons (Fsp3) is 0.269. The van der Waals surface area contributed by atoms with Crippen LogP contribution in [0.5, 0.6) is 0 Å². The first-order valence-electron chi connectivity index (χ1n) is 21.8. The van der Waals surface area contributed by atoms with Crippen LogP contribution in [-0.2, 0) is 29.0 Å². The highest BCUT2D eigenvalue weighted by atomic mass is 16.6. The summed E-state index contributed by atoms with van der Waals surface area (Å²) >= 11 is 0. The number of aryl methyl sites for hydroxylation is 1. The molecule has 0 aliphatic rings. The van der Waals surface area contributed by atoms with E-state index in [1.54, 1.807) is 56.7 Å². The molecule has 66 heavy (non-hydrogen) atoms. The zero-order valence-electron chi connectivity index (χ0n) is 38.6. The van der Waals surface area contributed by atoms with Crippen LogP contribution in [0.3, 0.4) is 0 Å². The van der Waals surface area contributed by atoms with Gasteiger partial charge < -0.3 is 9.47 Å². The lowest BCUT2D eigenvalue weighted by Gasteiger charge is -2.28. The van der Waals surface area contributed by atoms with Gasteiger partial charge in [-0.2, -0.15) is 19.2 Å². The Morgan fingerprint density at radius 1 is 0.621 bits per heavy atom. The number of aromatic nitrogens is 8. The van der Waals surface area contributed by atoms with E-state index in [-0.39, 0.29) is 6.54 Å². The number of pyridine rings is 2. The maximum atomic E-state index is 13.4. The Balaban J connectivity index is 0.000000196. The SMILES string of the molecule is CC#Cc1cnn2c(N(Cc3cccnc3)C(=O)OC(C)(C)C)cc(-c3ccccc3)nc12.CCCc1cnn2c(N(Cc3cccnc3)C(=O)OC(C)(C)C)cc(-c3ccccc3)nc12. The number of carbonyl (C=O) groups is 2. The van der Waals surface area contributed by atoms with Gasteiger partial charge in [-0.05, 0) is 78.1 Å². The number of nitrogens with zero attached hydrogens (tertiary/aromatic N) is 10. The van der Waals surface area contributed by atoms with Crippen molar-refractivity contribution in [1.29, 1.82) is 0 Å². The molecule has 14 nitrogen and oxygen atoms in total. The van der Waals surface area contributed by atoms with E-state index in [2.05, 4.69) is 38.9 Å². The lowest BCUT2D eigenvalue weighted by Crippen LogP contribution is -2.37. The third kappa shape index (κ3) is 11.4. The van der Waals surface area contributed by atoms with Crippen molar-refractivity contribution in [1.82, 2.24) is 39.2 Å². The number of hydrogen-bond donors (Lipinski definition) is 0. The molecule has 14 heteroatoms. The Kier molecular flexibility index (Phi) is 14.2. The lowest BCUT2D eigenvalue weighted by atomic mass is 10.1. The molecular weight excluding hydrogens is 829 g/mol. The molecule has 0 fully saturated rings. The summed E-state index contributed by atoms with van der Waals surface area (Å²) in [6.45, 7) is 15.5. The van der Waals surface area contributed by atoms with E-state index in [0.717, 1.165) is 52.0 Å². The predicted octanol–water partition coefficient (Wildman–Crippen LogP) is 10.8. The van der Waals surface area contributed by atoms with E-state index >= 15 is 0 Å². The molecule has 0 unspecified atom stereocenters. The summed E-state index contributed by atoms with van der Waals surface area (Å²) < 4.78 is 14.9. The minimum Gasteiger partial charge on any atom is -0.443 e. The molecule has 6 aromatic heterocycles. The lowest BCUT2D eigenvalue weighted by molar-refractivity contribution is 0.0564. The van der Waals surface area contributed by atoms with E-state index in [1.165, 1.54) is 0 Å². The van der Waals surface area contributed by atoms with Crippen molar-refractivity contribution in [2.75, 3.05) is 9.80 Å². The normalized spacial score (nSPS) is 11.3. The average molecular weight is 883 g/mol. The third-order valence-electron chi connectivity index (χ3n) is 9.81. The van der Waals surface area contributed by atoms with E-state index < -0.39 is 23.4 Å². The van der Waals surface area contributed by atoms with Crippen LogP contribution < -0.4 is 9.80 Å². The first-order valence-corrected chi connectivity index (χ1v) is 21.8. The van der Waals surface area contributed by atoms with Gasteiger partial charge in [0.15, 0.2) is 11.3 Å². The molecule has 0 atom stereocenters. The second-order valence-electron chi connectivity index (χ2n) is 17.4. The molecule has 0 saturated carbocycles. The van der Waals surface area contributed by atoms with Crippen LogP contribution in [0.25, 0.3) is 33.8 Å². The number of fused-ring (bicyclic) bond motifs is 2. The summed E-state index contributed by atoms with van der Waals surface area (Å²) in [4.78, 5) is 48.1. The highest BCUT2D eigenvalue weighted by Gasteiger charge is 2.29. The molecule has 0 aliphatic heterocycles. The number of hydrogen-bond acceptors (Lipinski definition) is 10. The molecular formula is C52H54N10O4. The van der Waals surface area contributed by atoms with Crippen molar-refractivity contribution in [3.8, 4) is 34.4 Å². The Morgan fingerprint density at radius 3 is 1.53 bits per heavy atom. The van der Waals surface area contributed by atoms with Gasteiger partial charge in [0.1, 0.15) is 22.8 Å². The van der Waals surface area contributed by atoms with Crippen LogP contribution in [0.2, 0.25) is 0 Å². The van der Waals surface area contributed by atoms with Crippen LogP contribution in [0.4, 0.5) is 21.2 Å². The second-order valence-corrected chi connectivity index (χ2v) is 17.4. The molecule has 0 spiro atoms. The molecule has 0 saturated heterocycles. The Labute approximate surface area is 385 Å². The topological polar surface area (TPSA) is 145 Å². The van der Waals surface area contributed by atoms with Crippen LogP contribution >= 0.6 is 0 Å². The van der Waals surface area contributed by atoms with Gasteiger partial charge in [-0.3, -0.25) is 19.8 Å². The predicted molar refractivity (Wildman–Crippen MR) is 257 cm³/mol. The summed E-state index contributed by atoms with van der Waals surface area (Å²) in [6.07, 6.45) is 11.3. The summed E-state index contributed by atoms with van der Waals surface area (Å²) in [5.41, 5.74) is 6.84. The van der Waals surface area contributed by atoms with Crippen LogP contribution in [0.1, 0.15) is 84.1 Å². The van der Waals surface area contributed by atoms with Gasteiger partial charge in [0.2, 0.25) is 0 Å². The summed E-state index contributed by atoms with van der Waals surface area (Å²) in [5, 5.41) is 9.10. The highest BCUT2D eigenvalue weighted by molar-refractivity contribution is 5.89. The smallest absolute Gasteiger partial charge is 0.416 e. The first kappa shape index (κ1) is 46.1. The van der Waals surface area contributed by atoms with Gasteiger partial charge in [0.25, 0.3) is 0 Å². The Morgan fingerprint density at radius 2 is 1.09 bits per heavy atom.